The van der Waals surface area contributed by atoms with Gasteiger partial charge in [-0.05, 0) is 44.9 Å². The van der Waals surface area contributed by atoms with Gasteiger partial charge < -0.3 is 14.7 Å². The average molecular weight is 295 g/mol. The second kappa shape index (κ2) is 5.64. The lowest BCUT2D eigenvalue weighted by Gasteiger charge is -2.26. The lowest BCUT2D eigenvalue weighted by molar-refractivity contribution is 0.0153. The van der Waals surface area contributed by atoms with Crippen molar-refractivity contribution < 1.29 is 19.0 Å². The topological polar surface area (TPSA) is 49.8 Å². The van der Waals surface area contributed by atoms with Gasteiger partial charge in [0.2, 0.25) is 0 Å². The molecule has 21 heavy (non-hydrogen) atoms. The van der Waals surface area contributed by atoms with E-state index in [2.05, 4.69) is 0 Å². The first-order chi connectivity index (χ1) is 9.67. The molecule has 1 aromatic rings. The monoisotopic (exact) mass is 295 g/mol. The van der Waals surface area contributed by atoms with Gasteiger partial charge in [-0.2, -0.15) is 0 Å². The molecule has 0 saturated carbocycles. The van der Waals surface area contributed by atoms with E-state index in [1.165, 1.54) is 17.0 Å². The van der Waals surface area contributed by atoms with E-state index in [9.17, 15) is 14.3 Å². The molecule has 0 bridgehead atoms. The maximum absolute atomic E-state index is 12.9. The summed E-state index contributed by atoms with van der Waals surface area (Å²) in [6.45, 7) is 6.13. The number of β-amino-alcohol motifs (C(OH)–C–C–N with tert-alkyl or cyclic N) is 1. The summed E-state index contributed by atoms with van der Waals surface area (Å²) < 4.78 is 18.2. The summed E-state index contributed by atoms with van der Waals surface area (Å²) in [4.78, 5) is 13.5. The second-order valence-electron chi connectivity index (χ2n) is 6.68. The minimum atomic E-state index is -0.977. The van der Waals surface area contributed by atoms with Crippen molar-refractivity contribution in [3.05, 3.63) is 35.6 Å². The summed E-state index contributed by atoms with van der Waals surface area (Å²) >= 11 is 0. The minimum Gasteiger partial charge on any atom is -0.444 e. The lowest BCUT2D eigenvalue weighted by Crippen LogP contribution is -2.40. The van der Waals surface area contributed by atoms with Crippen LogP contribution in [0.5, 0.6) is 0 Å². The highest BCUT2D eigenvalue weighted by Crippen LogP contribution is 2.27. The molecule has 1 aliphatic heterocycles. The molecular weight excluding hydrogens is 273 g/mol. The highest BCUT2D eigenvalue weighted by molar-refractivity contribution is 5.68. The highest BCUT2D eigenvalue weighted by Gasteiger charge is 2.39. The van der Waals surface area contributed by atoms with Crippen LogP contribution in [0.15, 0.2) is 24.3 Å². The van der Waals surface area contributed by atoms with Crippen molar-refractivity contribution in [2.24, 2.45) is 0 Å². The van der Waals surface area contributed by atoms with E-state index < -0.39 is 17.3 Å². The van der Waals surface area contributed by atoms with Crippen LogP contribution in [0.25, 0.3) is 0 Å². The molecule has 1 atom stereocenters. The molecule has 1 heterocycles. The fourth-order valence-electron chi connectivity index (χ4n) is 2.47. The SMILES string of the molecule is CC(C)(C)OC(=O)N1CCC(O)(Cc2ccc(F)cc2)C1. The van der Waals surface area contributed by atoms with Crippen LogP contribution in [0, 0.1) is 5.82 Å². The quantitative estimate of drug-likeness (QED) is 0.912. The van der Waals surface area contributed by atoms with E-state index in [1.807, 2.05) is 20.8 Å². The third-order valence-corrected chi connectivity index (χ3v) is 3.43. The fourth-order valence-corrected chi connectivity index (χ4v) is 2.47. The number of hydrogen-bond acceptors (Lipinski definition) is 3. The van der Waals surface area contributed by atoms with Crippen LogP contribution in [-0.4, -0.2) is 40.4 Å². The van der Waals surface area contributed by atoms with Gasteiger partial charge in [0.25, 0.3) is 0 Å². The number of carbonyl (C=O) groups excluding carboxylic acids is 1. The normalized spacial score (nSPS) is 22.4. The zero-order valence-electron chi connectivity index (χ0n) is 12.7. The zero-order valence-corrected chi connectivity index (χ0v) is 12.7. The molecule has 1 N–H and O–H groups in total. The van der Waals surface area contributed by atoms with Crippen molar-refractivity contribution in [1.29, 1.82) is 0 Å². The summed E-state index contributed by atoms with van der Waals surface area (Å²) in [6.07, 6.45) is 0.480. The predicted molar refractivity (Wildman–Crippen MR) is 77.5 cm³/mol. The number of hydrogen-bond donors (Lipinski definition) is 1. The number of carbonyl (C=O) groups is 1. The van der Waals surface area contributed by atoms with Crippen molar-refractivity contribution in [3.8, 4) is 0 Å². The van der Waals surface area contributed by atoms with Crippen LogP contribution in [0.4, 0.5) is 9.18 Å². The number of nitrogens with zero attached hydrogens (tertiary/aromatic N) is 1. The lowest BCUT2D eigenvalue weighted by atomic mass is 9.94. The van der Waals surface area contributed by atoms with Gasteiger partial charge in [0, 0.05) is 13.0 Å². The Hall–Kier alpha value is -1.62. The average Bonchev–Trinajstić information content (AvgIpc) is 2.73. The molecule has 1 saturated heterocycles. The van der Waals surface area contributed by atoms with Crippen molar-refractivity contribution in [3.63, 3.8) is 0 Å². The largest absolute Gasteiger partial charge is 0.444 e. The van der Waals surface area contributed by atoms with Crippen molar-refractivity contribution >= 4 is 6.09 Å². The summed E-state index contributed by atoms with van der Waals surface area (Å²) in [7, 11) is 0. The molecular formula is C16H22FNO3. The second-order valence-corrected chi connectivity index (χ2v) is 6.68. The van der Waals surface area contributed by atoms with E-state index >= 15 is 0 Å². The number of aliphatic hydroxyl groups is 1. The Kier molecular flexibility index (Phi) is 4.23. The number of rotatable bonds is 2. The molecule has 0 aromatic heterocycles. The molecule has 1 aliphatic rings. The Morgan fingerprint density at radius 3 is 2.57 bits per heavy atom. The highest BCUT2D eigenvalue weighted by atomic mass is 19.1. The zero-order chi connectivity index (χ0) is 15.7. The van der Waals surface area contributed by atoms with Gasteiger partial charge >= 0.3 is 6.09 Å². The smallest absolute Gasteiger partial charge is 0.410 e. The molecule has 116 valence electrons. The number of likely N-dealkylation sites (tertiary alicyclic amines) is 1. The first-order valence-electron chi connectivity index (χ1n) is 7.12. The number of benzene rings is 1. The van der Waals surface area contributed by atoms with Gasteiger partial charge in [-0.25, -0.2) is 9.18 Å². The van der Waals surface area contributed by atoms with Gasteiger partial charge in [0.15, 0.2) is 0 Å². The van der Waals surface area contributed by atoms with Gasteiger partial charge in [0.05, 0.1) is 12.1 Å². The molecule has 1 unspecified atom stereocenters. The number of ether oxygens (including phenoxy) is 1. The fraction of sp³-hybridized carbons (Fsp3) is 0.562. The van der Waals surface area contributed by atoms with Gasteiger partial charge in [-0.3, -0.25) is 0 Å². The maximum atomic E-state index is 12.9. The van der Waals surface area contributed by atoms with Crippen LogP contribution in [-0.2, 0) is 11.2 Å². The van der Waals surface area contributed by atoms with Crippen molar-refractivity contribution in [2.75, 3.05) is 13.1 Å². The van der Waals surface area contributed by atoms with Crippen LogP contribution >= 0.6 is 0 Å². The van der Waals surface area contributed by atoms with Crippen LogP contribution in [0.3, 0.4) is 0 Å². The van der Waals surface area contributed by atoms with Crippen LogP contribution < -0.4 is 0 Å². The van der Waals surface area contributed by atoms with Gasteiger partial charge in [-0.15, -0.1) is 0 Å². The van der Waals surface area contributed by atoms with Gasteiger partial charge in [0.1, 0.15) is 11.4 Å². The van der Waals surface area contributed by atoms with Crippen molar-refractivity contribution in [2.45, 2.75) is 44.8 Å². The Morgan fingerprint density at radius 1 is 1.38 bits per heavy atom. The molecule has 2 rings (SSSR count). The van der Waals surface area contributed by atoms with E-state index in [1.54, 1.807) is 12.1 Å². The van der Waals surface area contributed by atoms with Gasteiger partial charge in [-0.1, -0.05) is 12.1 Å². The Labute approximate surface area is 124 Å². The molecule has 0 aliphatic carbocycles. The first-order valence-corrected chi connectivity index (χ1v) is 7.12. The molecule has 1 fully saturated rings. The van der Waals surface area contributed by atoms with E-state index in [0.29, 0.717) is 19.4 Å². The maximum Gasteiger partial charge on any atom is 0.410 e. The molecule has 0 spiro atoms. The minimum absolute atomic E-state index is 0.235. The summed E-state index contributed by atoms with van der Waals surface area (Å²) in [5.41, 5.74) is -0.673. The van der Waals surface area contributed by atoms with E-state index in [0.717, 1.165) is 5.56 Å². The predicted octanol–water partition coefficient (Wildman–Crippen LogP) is 2.74. The third-order valence-electron chi connectivity index (χ3n) is 3.43. The Bertz CT molecular complexity index is 509. The van der Waals surface area contributed by atoms with Crippen LogP contribution in [0.2, 0.25) is 0 Å². The number of halogens is 1. The molecule has 1 amide bonds. The Morgan fingerprint density at radius 2 is 2.00 bits per heavy atom. The standard InChI is InChI=1S/C16H22FNO3/c1-15(2,3)21-14(19)18-9-8-16(20,11-18)10-12-4-6-13(17)7-5-12/h4-7,20H,8-11H2,1-3H3. The summed E-state index contributed by atoms with van der Waals surface area (Å²) in [6, 6.07) is 6.06. The Balaban J connectivity index is 1.96. The molecule has 0 radical (unpaired) electrons. The molecule has 1 aromatic carbocycles. The molecule has 4 nitrogen and oxygen atoms in total. The van der Waals surface area contributed by atoms with E-state index in [-0.39, 0.29) is 12.4 Å². The first kappa shape index (κ1) is 15.8. The summed E-state index contributed by atoms with van der Waals surface area (Å²) in [5.74, 6) is -0.299. The van der Waals surface area contributed by atoms with E-state index in [4.69, 9.17) is 4.74 Å². The summed E-state index contributed by atoms with van der Waals surface area (Å²) in [5, 5.41) is 10.6. The van der Waals surface area contributed by atoms with Crippen LogP contribution in [0.1, 0.15) is 32.8 Å². The molecule has 5 heteroatoms. The van der Waals surface area contributed by atoms with Crippen molar-refractivity contribution in [1.82, 2.24) is 4.90 Å². The number of amides is 1. The third kappa shape index (κ3) is 4.43.